The van der Waals surface area contributed by atoms with Gasteiger partial charge in [-0.1, -0.05) is 51.3 Å². The third-order valence-electron chi connectivity index (χ3n) is 7.16. The fourth-order valence-corrected chi connectivity index (χ4v) is 6.03. The number of nitrogens with zero attached hydrogens (tertiary/aromatic N) is 1. The lowest BCUT2D eigenvalue weighted by Gasteiger charge is -2.49. The molecule has 0 radical (unpaired) electrons. The standard InChI is InChI=1S/C29H32ClNO5/c1-6-11-36-23-8-7-17(12-18(23)30)25-26-19(13-28(2,3)15-21(26)32)31(10-9-24(34)35)20-14-29(4,5)16-22(33)27(20)25/h1,7-8,12,25H,9-11,13-16H2,2-5H3,(H,34,35)/p-1. The maximum Gasteiger partial charge on any atom is 0.162 e. The first-order chi connectivity index (χ1) is 16.8. The van der Waals surface area contributed by atoms with Crippen molar-refractivity contribution in [1.82, 2.24) is 4.90 Å². The molecule has 2 aliphatic carbocycles. The minimum absolute atomic E-state index is 0.0299. The Labute approximate surface area is 217 Å². The molecular weight excluding hydrogens is 478 g/mol. The molecule has 3 aliphatic rings. The van der Waals surface area contributed by atoms with Crippen LogP contribution in [0.2, 0.25) is 5.02 Å². The third kappa shape index (κ3) is 4.95. The second-order valence-corrected chi connectivity index (χ2v) is 11.9. The van der Waals surface area contributed by atoms with Gasteiger partial charge in [-0.3, -0.25) is 9.59 Å². The summed E-state index contributed by atoms with van der Waals surface area (Å²) in [5.74, 6) is 1.04. The number of Topliss-reactive ketones (excluding diaryl/α,β-unsaturated/α-hetero) is 2. The summed E-state index contributed by atoms with van der Waals surface area (Å²) in [5, 5.41) is 11.8. The summed E-state index contributed by atoms with van der Waals surface area (Å²) in [4.78, 5) is 40.7. The largest absolute Gasteiger partial charge is 0.550 e. The highest BCUT2D eigenvalue weighted by molar-refractivity contribution is 6.32. The lowest BCUT2D eigenvalue weighted by atomic mass is 9.63. The normalized spacial score (nSPS) is 21.2. The van der Waals surface area contributed by atoms with Gasteiger partial charge < -0.3 is 19.5 Å². The molecule has 190 valence electrons. The lowest BCUT2D eigenvalue weighted by Crippen LogP contribution is -2.45. The SMILES string of the molecule is C#CCOc1ccc(C2C3=C(CC(C)(C)CC3=O)N(CCC(=O)[O-])C3=C2C(=O)CC(C)(C)C3)cc1Cl. The highest BCUT2D eigenvalue weighted by Crippen LogP contribution is 2.54. The predicted octanol–water partition coefficient (Wildman–Crippen LogP) is 4.18. The van der Waals surface area contributed by atoms with Crippen molar-refractivity contribution in [3.05, 3.63) is 51.3 Å². The van der Waals surface area contributed by atoms with E-state index in [1.54, 1.807) is 12.1 Å². The molecule has 0 fully saturated rings. The van der Waals surface area contributed by atoms with E-state index < -0.39 is 11.9 Å². The van der Waals surface area contributed by atoms with Gasteiger partial charge in [-0.05, 0) is 41.4 Å². The van der Waals surface area contributed by atoms with Gasteiger partial charge in [0.2, 0.25) is 0 Å². The van der Waals surface area contributed by atoms with E-state index in [1.165, 1.54) is 0 Å². The van der Waals surface area contributed by atoms with Crippen LogP contribution >= 0.6 is 11.6 Å². The molecular formula is C29H31ClNO5-. The number of terminal acetylenes is 1. The molecule has 0 unspecified atom stereocenters. The third-order valence-corrected chi connectivity index (χ3v) is 7.46. The molecule has 0 spiro atoms. The first-order valence-corrected chi connectivity index (χ1v) is 12.6. The fraction of sp³-hybridized carbons (Fsp3) is 0.483. The number of carbonyl (C=O) groups excluding carboxylic acids is 3. The first kappa shape index (κ1) is 26.0. The molecule has 0 bridgehead atoms. The summed E-state index contributed by atoms with van der Waals surface area (Å²) in [6.07, 6.45) is 6.98. The molecule has 0 atom stereocenters. The number of hydrogen-bond donors (Lipinski definition) is 0. The van der Waals surface area contributed by atoms with Crippen LogP contribution in [-0.2, 0) is 14.4 Å². The quantitative estimate of drug-likeness (QED) is 0.536. The van der Waals surface area contributed by atoms with Crippen LogP contribution < -0.4 is 9.84 Å². The van der Waals surface area contributed by atoms with Crippen molar-refractivity contribution in [3.8, 4) is 18.1 Å². The highest BCUT2D eigenvalue weighted by atomic mass is 35.5. The number of carbonyl (C=O) groups is 3. The average molecular weight is 509 g/mol. The van der Waals surface area contributed by atoms with Gasteiger partial charge in [0.1, 0.15) is 12.4 Å². The topological polar surface area (TPSA) is 86.7 Å². The Hall–Kier alpha value is -3.04. The number of aliphatic carboxylic acids is 1. The number of allylic oxidation sites excluding steroid dienone is 4. The summed E-state index contributed by atoms with van der Waals surface area (Å²) in [7, 11) is 0. The maximum atomic E-state index is 13.7. The molecule has 1 aromatic rings. The number of ether oxygens (including phenoxy) is 1. The minimum Gasteiger partial charge on any atom is -0.550 e. The summed E-state index contributed by atoms with van der Waals surface area (Å²) in [5.41, 5.74) is 2.87. The number of ketones is 2. The molecule has 0 saturated heterocycles. The van der Waals surface area contributed by atoms with Crippen molar-refractivity contribution in [2.45, 2.75) is 65.7 Å². The van der Waals surface area contributed by atoms with E-state index >= 15 is 0 Å². The molecule has 1 aromatic carbocycles. The molecule has 6 nitrogen and oxygen atoms in total. The predicted molar refractivity (Wildman–Crippen MR) is 135 cm³/mol. The molecule has 1 aliphatic heterocycles. The van der Waals surface area contributed by atoms with Gasteiger partial charge in [-0.25, -0.2) is 0 Å². The van der Waals surface area contributed by atoms with Crippen molar-refractivity contribution < 1.29 is 24.2 Å². The average Bonchev–Trinajstić information content (AvgIpc) is 2.74. The van der Waals surface area contributed by atoms with Crippen molar-refractivity contribution in [2.24, 2.45) is 10.8 Å². The van der Waals surface area contributed by atoms with Crippen molar-refractivity contribution in [1.29, 1.82) is 0 Å². The minimum atomic E-state index is -1.17. The Kier molecular flexibility index (Phi) is 6.83. The lowest BCUT2D eigenvalue weighted by molar-refractivity contribution is -0.305. The monoisotopic (exact) mass is 508 g/mol. The summed E-state index contributed by atoms with van der Waals surface area (Å²) in [6.45, 7) is 8.37. The summed E-state index contributed by atoms with van der Waals surface area (Å²) >= 11 is 6.53. The van der Waals surface area contributed by atoms with Crippen molar-refractivity contribution in [2.75, 3.05) is 13.2 Å². The molecule has 0 amide bonds. The summed E-state index contributed by atoms with van der Waals surface area (Å²) < 4.78 is 5.51. The zero-order valence-electron chi connectivity index (χ0n) is 21.2. The Morgan fingerprint density at radius 1 is 1.08 bits per heavy atom. The van der Waals surface area contributed by atoms with Crippen molar-refractivity contribution in [3.63, 3.8) is 0 Å². The first-order valence-electron chi connectivity index (χ1n) is 12.2. The number of hydrogen-bond acceptors (Lipinski definition) is 6. The van der Waals surface area contributed by atoms with Gasteiger partial charge in [0.25, 0.3) is 0 Å². The summed E-state index contributed by atoms with van der Waals surface area (Å²) in [6, 6.07) is 5.28. The second kappa shape index (κ2) is 9.44. The molecule has 0 saturated carbocycles. The zero-order valence-corrected chi connectivity index (χ0v) is 22.0. The number of carboxylic acid groups (broad SMARTS) is 1. The number of benzene rings is 1. The van der Waals surface area contributed by atoms with E-state index in [0.29, 0.717) is 47.6 Å². The van der Waals surface area contributed by atoms with Gasteiger partial charge in [0, 0.05) is 60.2 Å². The highest BCUT2D eigenvalue weighted by Gasteiger charge is 2.48. The molecule has 7 heteroatoms. The van der Waals surface area contributed by atoms with Crippen LogP contribution in [0.1, 0.15) is 71.3 Å². The van der Waals surface area contributed by atoms with Crippen LogP contribution in [0.4, 0.5) is 0 Å². The molecule has 4 rings (SSSR count). The number of rotatable bonds is 6. The van der Waals surface area contributed by atoms with Gasteiger partial charge >= 0.3 is 0 Å². The van der Waals surface area contributed by atoms with Gasteiger partial charge in [-0.2, -0.15) is 0 Å². The number of halogens is 1. The van der Waals surface area contributed by atoms with Crippen molar-refractivity contribution >= 4 is 29.1 Å². The molecule has 1 heterocycles. The van der Waals surface area contributed by atoms with Crippen LogP contribution in [0.15, 0.2) is 40.7 Å². The van der Waals surface area contributed by atoms with E-state index in [4.69, 9.17) is 22.8 Å². The molecule has 36 heavy (non-hydrogen) atoms. The van der Waals surface area contributed by atoms with E-state index in [-0.39, 0.29) is 42.0 Å². The van der Waals surface area contributed by atoms with E-state index in [0.717, 1.165) is 17.0 Å². The van der Waals surface area contributed by atoms with Crippen LogP contribution in [0.25, 0.3) is 0 Å². The van der Waals surface area contributed by atoms with Crippen LogP contribution in [0.3, 0.4) is 0 Å². The molecule has 0 aromatic heterocycles. The van der Waals surface area contributed by atoms with E-state index in [1.807, 2.05) is 38.7 Å². The van der Waals surface area contributed by atoms with Gasteiger partial charge in [0.05, 0.1) is 5.02 Å². The maximum absolute atomic E-state index is 13.7. The van der Waals surface area contributed by atoms with Crippen LogP contribution in [0, 0.1) is 23.2 Å². The van der Waals surface area contributed by atoms with E-state index in [9.17, 15) is 19.5 Å². The van der Waals surface area contributed by atoms with Gasteiger partial charge in [-0.15, -0.1) is 6.42 Å². The second-order valence-electron chi connectivity index (χ2n) is 11.5. The number of carboxylic acids is 1. The Balaban J connectivity index is 1.94. The smallest absolute Gasteiger partial charge is 0.162 e. The van der Waals surface area contributed by atoms with E-state index in [2.05, 4.69) is 5.92 Å². The van der Waals surface area contributed by atoms with Crippen LogP contribution in [-0.4, -0.2) is 35.6 Å². The van der Waals surface area contributed by atoms with Crippen LogP contribution in [0.5, 0.6) is 5.75 Å². The zero-order chi connectivity index (χ0) is 26.4. The Bertz CT molecular complexity index is 1190. The molecule has 0 N–H and O–H groups in total. The Morgan fingerprint density at radius 2 is 1.64 bits per heavy atom. The van der Waals surface area contributed by atoms with Gasteiger partial charge in [0.15, 0.2) is 11.6 Å². The fourth-order valence-electron chi connectivity index (χ4n) is 5.79. The Morgan fingerprint density at radius 3 is 2.11 bits per heavy atom.